The third-order valence-electron chi connectivity index (χ3n) is 4.81. The summed E-state index contributed by atoms with van der Waals surface area (Å²) in [6.45, 7) is 13.5. The second kappa shape index (κ2) is 5.07. The van der Waals surface area contributed by atoms with E-state index in [0.717, 1.165) is 0 Å². The molecule has 0 spiro atoms. The van der Waals surface area contributed by atoms with Crippen molar-refractivity contribution >= 4 is 25.3 Å². The Labute approximate surface area is 151 Å². The first-order chi connectivity index (χ1) is 10.4. The highest BCUT2D eigenvalue weighted by Gasteiger charge is 2.38. The minimum Gasteiger partial charge on any atom is -0.152 e. The Kier molecular flexibility index (Phi) is 3.74. The second-order valence-electron chi connectivity index (χ2n) is 8.69. The van der Waals surface area contributed by atoms with Crippen molar-refractivity contribution in [2.75, 3.05) is 0 Å². The number of thiol groups is 2. The molecule has 0 nitrogen and oxygen atoms in total. The van der Waals surface area contributed by atoms with Crippen LogP contribution in [0, 0.1) is 0 Å². The first-order valence-corrected chi connectivity index (χ1v) is 9.07. The second-order valence-corrected chi connectivity index (χ2v) is 10.4. The van der Waals surface area contributed by atoms with Crippen LogP contribution in [0.4, 0.5) is 0 Å². The van der Waals surface area contributed by atoms with Crippen LogP contribution in [-0.2, 0) is 14.9 Å². The Morgan fingerprint density at radius 1 is 0.652 bits per heavy atom. The number of benzene rings is 2. The molecule has 0 amide bonds. The van der Waals surface area contributed by atoms with Gasteiger partial charge in [0.15, 0.2) is 0 Å². The summed E-state index contributed by atoms with van der Waals surface area (Å²) in [5, 5.41) is 0. The van der Waals surface area contributed by atoms with Crippen molar-refractivity contribution in [1.82, 2.24) is 0 Å². The van der Waals surface area contributed by atoms with Gasteiger partial charge in [-0.25, -0.2) is 0 Å². The molecule has 23 heavy (non-hydrogen) atoms. The van der Waals surface area contributed by atoms with E-state index < -0.39 is 4.08 Å². The van der Waals surface area contributed by atoms with Crippen LogP contribution in [0.25, 0.3) is 11.1 Å². The third kappa shape index (κ3) is 2.74. The van der Waals surface area contributed by atoms with Gasteiger partial charge in [0.2, 0.25) is 0 Å². The molecule has 2 heteroatoms. The van der Waals surface area contributed by atoms with Crippen LogP contribution >= 0.6 is 25.3 Å². The average molecular weight is 343 g/mol. The molecule has 0 atom stereocenters. The summed E-state index contributed by atoms with van der Waals surface area (Å²) in [4.78, 5) is 0. The molecule has 0 saturated carbocycles. The molecular weight excluding hydrogens is 316 g/mol. The van der Waals surface area contributed by atoms with Gasteiger partial charge in [-0.3, -0.25) is 0 Å². The van der Waals surface area contributed by atoms with Crippen molar-refractivity contribution in [1.29, 1.82) is 0 Å². The molecule has 2 aromatic rings. The normalized spacial score (nSPS) is 16.2. The summed E-state index contributed by atoms with van der Waals surface area (Å²) in [6.07, 6.45) is 0. The fourth-order valence-corrected chi connectivity index (χ4v) is 3.95. The van der Waals surface area contributed by atoms with E-state index in [1.165, 1.54) is 33.4 Å². The van der Waals surface area contributed by atoms with E-state index in [1.807, 2.05) is 0 Å². The Balaban J connectivity index is 2.22. The van der Waals surface area contributed by atoms with Crippen molar-refractivity contribution in [3.8, 4) is 11.1 Å². The fourth-order valence-electron chi connectivity index (χ4n) is 3.21. The molecule has 1 aliphatic rings. The number of rotatable bonds is 0. The molecule has 0 saturated heterocycles. The fraction of sp³-hybridized carbons (Fsp3) is 0.429. The molecule has 1 aliphatic carbocycles. The van der Waals surface area contributed by atoms with Gasteiger partial charge in [-0.2, -0.15) is 25.3 Å². The number of fused-ring (bicyclic) bond motifs is 3. The Hall–Kier alpha value is -0.860. The van der Waals surface area contributed by atoms with Crippen LogP contribution in [0.15, 0.2) is 36.4 Å². The predicted molar refractivity (Wildman–Crippen MR) is 108 cm³/mol. The molecule has 0 N–H and O–H groups in total. The summed E-state index contributed by atoms with van der Waals surface area (Å²) in [5.74, 6) is 0. The molecule has 0 radical (unpaired) electrons. The first-order valence-electron chi connectivity index (χ1n) is 8.17. The van der Waals surface area contributed by atoms with Gasteiger partial charge in [0.1, 0.15) is 4.08 Å². The Morgan fingerprint density at radius 2 is 1.00 bits per heavy atom. The minimum absolute atomic E-state index is 0.123. The third-order valence-corrected chi connectivity index (χ3v) is 5.78. The molecular formula is C21H26S2. The van der Waals surface area contributed by atoms with Crippen LogP contribution in [-0.4, -0.2) is 0 Å². The summed E-state index contributed by atoms with van der Waals surface area (Å²) in [5.41, 5.74) is 7.84. The summed E-state index contributed by atoms with van der Waals surface area (Å²) in [7, 11) is 0. The van der Waals surface area contributed by atoms with Crippen molar-refractivity contribution in [2.45, 2.75) is 56.5 Å². The van der Waals surface area contributed by atoms with Gasteiger partial charge in [-0.1, -0.05) is 77.9 Å². The number of hydrogen-bond donors (Lipinski definition) is 2. The van der Waals surface area contributed by atoms with Crippen LogP contribution in [0.2, 0.25) is 0 Å². The molecule has 0 aromatic heterocycles. The van der Waals surface area contributed by atoms with E-state index in [-0.39, 0.29) is 10.8 Å². The Morgan fingerprint density at radius 3 is 1.30 bits per heavy atom. The Bertz CT molecular complexity index is 706. The van der Waals surface area contributed by atoms with Gasteiger partial charge < -0.3 is 0 Å². The van der Waals surface area contributed by atoms with Crippen LogP contribution < -0.4 is 0 Å². The monoisotopic (exact) mass is 342 g/mol. The predicted octanol–water partition coefficient (Wildman–Crippen LogP) is 6.32. The largest absolute Gasteiger partial charge is 0.152 e. The highest BCUT2D eigenvalue weighted by molar-refractivity contribution is 8.00. The molecule has 122 valence electrons. The molecule has 0 aliphatic heterocycles. The lowest BCUT2D eigenvalue weighted by Crippen LogP contribution is -2.15. The topological polar surface area (TPSA) is 0 Å². The van der Waals surface area contributed by atoms with Gasteiger partial charge in [-0.15, -0.1) is 0 Å². The SMILES string of the molecule is CC(C)(C)c1ccc2c(c1)C(S)(S)c1cc(C(C)(C)C)ccc1-2. The summed E-state index contributed by atoms with van der Waals surface area (Å²) in [6, 6.07) is 13.5. The molecule has 2 aromatic carbocycles. The van der Waals surface area contributed by atoms with Crippen molar-refractivity contribution < 1.29 is 0 Å². The smallest absolute Gasteiger partial charge is 0.107 e. The van der Waals surface area contributed by atoms with Gasteiger partial charge in [-0.05, 0) is 44.2 Å². The molecule has 0 bridgehead atoms. The molecule has 0 heterocycles. The first kappa shape index (κ1) is 17.0. The highest BCUT2D eigenvalue weighted by atomic mass is 32.2. The lowest BCUT2D eigenvalue weighted by molar-refractivity contribution is 0.589. The number of hydrogen-bond acceptors (Lipinski definition) is 2. The quantitative estimate of drug-likeness (QED) is 0.406. The average Bonchev–Trinajstić information content (AvgIpc) is 2.65. The van der Waals surface area contributed by atoms with E-state index in [4.69, 9.17) is 25.3 Å². The van der Waals surface area contributed by atoms with E-state index in [1.54, 1.807) is 0 Å². The van der Waals surface area contributed by atoms with Gasteiger partial charge in [0.05, 0.1) is 0 Å². The van der Waals surface area contributed by atoms with Gasteiger partial charge in [0, 0.05) is 0 Å². The van der Waals surface area contributed by atoms with Gasteiger partial charge >= 0.3 is 0 Å². The standard InChI is InChI=1S/C21H26S2/c1-19(2,3)13-7-9-15-16-10-8-14(20(4,5)6)12-18(16)21(22,23)17(15)11-13/h7-12,22-23H,1-6H3. The minimum atomic E-state index is -0.535. The van der Waals surface area contributed by atoms with Crippen molar-refractivity contribution in [3.05, 3.63) is 58.7 Å². The lowest BCUT2D eigenvalue weighted by atomic mass is 9.85. The zero-order valence-electron chi connectivity index (χ0n) is 14.9. The van der Waals surface area contributed by atoms with Gasteiger partial charge in [0.25, 0.3) is 0 Å². The van der Waals surface area contributed by atoms with E-state index in [2.05, 4.69) is 77.9 Å². The molecule has 3 rings (SSSR count). The maximum atomic E-state index is 4.96. The van der Waals surface area contributed by atoms with Crippen molar-refractivity contribution in [2.24, 2.45) is 0 Å². The van der Waals surface area contributed by atoms with E-state index in [0.29, 0.717) is 0 Å². The molecule has 0 fully saturated rings. The lowest BCUT2D eigenvalue weighted by Gasteiger charge is -2.25. The summed E-state index contributed by atoms with van der Waals surface area (Å²) < 4.78 is -0.535. The zero-order chi connectivity index (χ0) is 17.2. The summed E-state index contributed by atoms with van der Waals surface area (Å²) >= 11 is 9.92. The molecule has 0 unspecified atom stereocenters. The maximum absolute atomic E-state index is 4.96. The van der Waals surface area contributed by atoms with Crippen LogP contribution in [0.5, 0.6) is 0 Å². The highest BCUT2D eigenvalue weighted by Crippen LogP contribution is 2.54. The van der Waals surface area contributed by atoms with Crippen LogP contribution in [0.1, 0.15) is 63.8 Å². The zero-order valence-corrected chi connectivity index (χ0v) is 16.6. The maximum Gasteiger partial charge on any atom is 0.107 e. The van der Waals surface area contributed by atoms with E-state index in [9.17, 15) is 0 Å². The van der Waals surface area contributed by atoms with E-state index >= 15 is 0 Å². The van der Waals surface area contributed by atoms with Crippen molar-refractivity contribution in [3.63, 3.8) is 0 Å². The van der Waals surface area contributed by atoms with Crippen LogP contribution in [0.3, 0.4) is 0 Å².